The molecule has 1 aromatic heterocycles. The first-order valence-corrected chi connectivity index (χ1v) is 14.2. The molecule has 40 heavy (non-hydrogen) atoms. The Balaban J connectivity index is 1.41. The molecular formula is C32H31N3O4S. The largest absolute Gasteiger partial charge is 0.494 e. The number of nitrogens with one attached hydrogen (secondary N) is 3. The second-order valence-corrected chi connectivity index (χ2v) is 10.9. The highest BCUT2D eigenvalue weighted by atomic mass is 32.1. The zero-order chi connectivity index (χ0) is 28.1. The normalized spacial score (nSPS) is 14.1. The van der Waals surface area contributed by atoms with E-state index in [1.54, 1.807) is 60.7 Å². The molecular weight excluding hydrogens is 522 g/mol. The molecule has 0 saturated heterocycles. The minimum absolute atomic E-state index is 0.267. The number of para-hydroxylation sites is 1. The van der Waals surface area contributed by atoms with Crippen molar-refractivity contribution in [3.8, 4) is 5.75 Å². The summed E-state index contributed by atoms with van der Waals surface area (Å²) in [6.07, 6.45) is 2.62. The van der Waals surface area contributed by atoms with Gasteiger partial charge in [-0.15, -0.1) is 11.3 Å². The van der Waals surface area contributed by atoms with E-state index >= 15 is 0 Å². The third kappa shape index (κ3) is 6.07. The number of hydrogen-bond donors (Lipinski definition) is 3. The molecule has 1 aliphatic rings. The number of hydrogen-bond acceptors (Lipinski definition) is 5. The highest BCUT2D eigenvalue weighted by molar-refractivity contribution is 7.17. The van der Waals surface area contributed by atoms with Gasteiger partial charge in [-0.1, -0.05) is 37.3 Å². The van der Waals surface area contributed by atoms with Crippen LogP contribution in [0.5, 0.6) is 5.75 Å². The molecule has 1 aliphatic carbocycles. The quantitative estimate of drug-likeness (QED) is 0.218. The number of fused-ring (bicyclic) bond motifs is 1. The molecule has 3 N–H and O–H groups in total. The van der Waals surface area contributed by atoms with Crippen molar-refractivity contribution in [1.29, 1.82) is 0 Å². The van der Waals surface area contributed by atoms with Crippen molar-refractivity contribution in [2.75, 3.05) is 22.6 Å². The van der Waals surface area contributed by atoms with E-state index < -0.39 is 5.91 Å². The third-order valence-corrected chi connectivity index (χ3v) is 8.01. The van der Waals surface area contributed by atoms with Crippen molar-refractivity contribution >= 4 is 45.4 Å². The Morgan fingerprint density at radius 1 is 0.850 bits per heavy atom. The second-order valence-electron chi connectivity index (χ2n) is 9.79. The van der Waals surface area contributed by atoms with Gasteiger partial charge in [0, 0.05) is 16.1 Å². The molecule has 1 atom stereocenters. The highest BCUT2D eigenvalue weighted by Crippen LogP contribution is 2.40. The first kappa shape index (κ1) is 27.1. The average molecular weight is 554 g/mol. The van der Waals surface area contributed by atoms with Gasteiger partial charge < -0.3 is 20.7 Å². The van der Waals surface area contributed by atoms with Gasteiger partial charge >= 0.3 is 0 Å². The Labute approximate surface area is 237 Å². The summed E-state index contributed by atoms with van der Waals surface area (Å²) < 4.78 is 5.50. The first-order valence-electron chi connectivity index (χ1n) is 13.4. The lowest BCUT2D eigenvalue weighted by molar-refractivity contribution is 0.101. The molecule has 7 nitrogen and oxygen atoms in total. The van der Waals surface area contributed by atoms with Gasteiger partial charge in [0.2, 0.25) is 0 Å². The fraction of sp³-hybridized carbons (Fsp3) is 0.219. The van der Waals surface area contributed by atoms with Crippen LogP contribution in [0.3, 0.4) is 0 Å². The van der Waals surface area contributed by atoms with Crippen molar-refractivity contribution < 1.29 is 19.1 Å². The molecule has 0 fully saturated rings. The number of anilines is 3. The number of rotatable bonds is 8. The van der Waals surface area contributed by atoms with Gasteiger partial charge in [0.25, 0.3) is 17.7 Å². The van der Waals surface area contributed by atoms with Gasteiger partial charge in [0.15, 0.2) is 0 Å². The molecule has 3 aromatic carbocycles. The number of thiophene rings is 1. The lowest BCUT2D eigenvalue weighted by Gasteiger charge is -2.18. The number of carbonyl (C=O) groups is 3. The monoisotopic (exact) mass is 553 g/mol. The van der Waals surface area contributed by atoms with Crippen molar-refractivity contribution in [1.82, 2.24) is 0 Å². The predicted molar refractivity (Wildman–Crippen MR) is 160 cm³/mol. The molecule has 0 saturated carbocycles. The SMILES string of the molecule is CCOc1ccc(NC(=O)c2c(NC(=O)c3ccccc3NC(=O)c3ccccc3)sc3c2CCC(C)C3)cc1. The van der Waals surface area contributed by atoms with E-state index in [0.29, 0.717) is 45.6 Å². The number of ether oxygens (including phenoxy) is 1. The van der Waals surface area contributed by atoms with Crippen molar-refractivity contribution in [3.05, 3.63) is 106 Å². The lowest BCUT2D eigenvalue weighted by Crippen LogP contribution is -2.21. The molecule has 1 unspecified atom stereocenters. The zero-order valence-corrected chi connectivity index (χ0v) is 23.3. The molecule has 3 amide bonds. The Morgan fingerprint density at radius 2 is 1.57 bits per heavy atom. The van der Waals surface area contributed by atoms with Gasteiger partial charge in [0.1, 0.15) is 10.8 Å². The van der Waals surface area contributed by atoms with Crippen LogP contribution in [0.4, 0.5) is 16.4 Å². The minimum Gasteiger partial charge on any atom is -0.494 e. The van der Waals surface area contributed by atoms with Crippen LogP contribution in [0.2, 0.25) is 0 Å². The van der Waals surface area contributed by atoms with E-state index in [1.165, 1.54) is 11.3 Å². The fourth-order valence-corrected chi connectivity index (χ4v) is 6.22. The molecule has 0 bridgehead atoms. The number of carbonyl (C=O) groups excluding carboxylic acids is 3. The van der Waals surface area contributed by atoms with Crippen molar-refractivity contribution in [2.24, 2.45) is 5.92 Å². The van der Waals surface area contributed by atoms with Crippen LogP contribution in [0.15, 0.2) is 78.9 Å². The minimum atomic E-state index is -0.397. The summed E-state index contributed by atoms with van der Waals surface area (Å²) >= 11 is 1.45. The van der Waals surface area contributed by atoms with Crippen LogP contribution in [0.25, 0.3) is 0 Å². The van der Waals surface area contributed by atoms with Crippen LogP contribution >= 0.6 is 11.3 Å². The van der Waals surface area contributed by atoms with Crippen LogP contribution in [-0.2, 0) is 12.8 Å². The van der Waals surface area contributed by atoms with Crippen LogP contribution in [0, 0.1) is 5.92 Å². The van der Waals surface area contributed by atoms with Gasteiger partial charge in [-0.2, -0.15) is 0 Å². The topological polar surface area (TPSA) is 96.5 Å². The van der Waals surface area contributed by atoms with Crippen molar-refractivity contribution in [2.45, 2.75) is 33.1 Å². The molecule has 5 rings (SSSR count). The van der Waals surface area contributed by atoms with Crippen LogP contribution in [-0.4, -0.2) is 24.3 Å². The lowest BCUT2D eigenvalue weighted by atomic mass is 9.88. The van der Waals surface area contributed by atoms with Crippen molar-refractivity contribution in [3.63, 3.8) is 0 Å². The number of benzene rings is 3. The van der Waals surface area contributed by atoms with E-state index in [2.05, 4.69) is 22.9 Å². The Kier molecular flexibility index (Phi) is 8.26. The van der Waals surface area contributed by atoms with E-state index in [1.807, 2.05) is 25.1 Å². The van der Waals surface area contributed by atoms with E-state index in [0.717, 1.165) is 35.5 Å². The summed E-state index contributed by atoms with van der Waals surface area (Å²) in [5, 5.41) is 9.34. The van der Waals surface area contributed by atoms with Gasteiger partial charge in [-0.25, -0.2) is 0 Å². The molecule has 0 radical (unpaired) electrons. The first-order chi connectivity index (χ1) is 19.4. The van der Waals surface area contributed by atoms with E-state index in [-0.39, 0.29) is 11.8 Å². The second kappa shape index (κ2) is 12.2. The zero-order valence-electron chi connectivity index (χ0n) is 22.5. The Hall–Kier alpha value is -4.43. The molecule has 0 aliphatic heterocycles. The standard InChI is InChI=1S/C32H31N3O4S/c1-3-39-23-16-14-22(15-17-23)33-31(38)28-25-18-13-20(2)19-27(25)40-32(28)35-30(37)24-11-7-8-12-26(24)34-29(36)21-9-5-4-6-10-21/h4-12,14-17,20H,3,13,18-19H2,1-2H3,(H,33,38)(H,34,36)(H,35,37). The third-order valence-electron chi connectivity index (χ3n) is 6.84. The molecule has 8 heteroatoms. The maximum atomic E-state index is 13.6. The van der Waals surface area contributed by atoms with E-state index in [9.17, 15) is 14.4 Å². The summed E-state index contributed by atoms with van der Waals surface area (Å²) in [5.41, 5.74) is 3.33. The van der Waals surface area contributed by atoms with Gasteiger partial charge in [0.05, 0.1) is 23.4 Å². The summed E-state index contributed by atoms with van der Waals surface area (Å²) in [6.45, 7) is 4.68. The smallest absolute Gasteiger partial charge is 0.258 e. The fourth-order valence-electron chi connectivity index (χ4n) is 4.82. The summed E-state index contributed by atoms with van der Waals surface area (Å²) in [5.74, 6) is 0.263. The maximum absolute atomic E-state index is 13.6. The van der Waals surface area contributed by atoms with Gasteiger partial charge in [-0.3, -0.25) is 14.4 Å². The number of amides is 3. The maximum Gasteiger partial charge on any atom is 0.258 e. The highest BCUT2D eigenvalue weighted by Gasteiger charge is 2.29. The van der Waals surface area contributed by atoms with Gasteiger partial charge in [-0.05, 0) is 86.2 Å². The molecule has 4 aromatic rings. The Morgan fingerprint density at radius 3 is 2.33 bits per heavy atom. The summed E-state index contributed by atoms with van der Waals surface area (Å²) in [4.78, 5) is 41.1. The molecule has 0 spiro atoms. The van der Waals surface area contributed by atoms with E-state index in [4.69, 9.17) is 4.74 Å². The average Bonchev–Trinajstić information content (AvgIpc) is 3.31. The Bertz CT molecular complexity index is 1530. The summed E-state index contributed by atoms with van der Waals surface area (Å²) in [7, 11) is 0. The van der Waals surface area contributed by atoms with Crippen LogP contribution < -0.4 is 20.7 Å². The molecule has 1 heterocycles. The summed E-state index contributed by atoms with van der Waals surface area (Å²) in [6, 6.07) is 22.9. The van der Waals surface area contributed by atoms with Crippen LogP contribution in [0.1, 0.15) is 61.8 Å². The predicted octanol–water partition coefficient (Wildman–Crippen LogP) is 7.03. The molecule has 204 valence electrons.